The summed E-state index contributed by atoms with van der Waals surface area (Å²) in [6.07, 6.45) is 5.31. The lowest BCUT2D eigenvalue weighted by molar-refractivity contribution is 0.0241. The fraction of sp³-hybridized carbons (Fsp3) is 0.375. The van der Waals surface area contributed by atoms with E-state index in [0.717, 1.165) is 49.2 Å². The molecular weight excluding hydrogens is 392 g/mol. The highest BCUT2D eigenvalue weighted by atomic mass is 16.5. The Hall–Kier alpha value is -3.19. The van der Waals surface area contributed by atoms with Crippen LogP contribution in [0.15, 0.2) is 54.9 Å². The number of ether oxygens (including phenoxy) is 1. The molecule has 0 radical (unpaired) electrons. The number of hydrogen-bond donors (Lipinski definition) is 1. The number of pyridine rings is 2. The van der Waals surface area contributed by atoms with Gasteiger partial charge in [-0.1, -0.05) is 6.07 Å². The fourth-order valence-corrected chi connectivity index (χ4v) is 4.35. The highest BCUT2D eigenvalue weighted by molar-refractivity contribution is 5.94. The summed E-state index contributed by atoms with van der Waals surface area (Å²) < 4.78 is 6.08. The number of fused-ring (bicyclic) bond motifs is 1. The summed E-state index contributed by atoms with van der Waals surface area (Å²) in [6.45, 7) is 2.81. The van der Waals surface area contributed by atoms with Gasteiger partial charge in [-0.25, -0.2) is 4.98 Å². The van der Waals surface area contributed by atoms with Crippen molar-refractivity contribution < 1.29 is 14.6 Å². The van der Waals surface area contributed by atoms with Crippen molar-refractivity contribution in [3.63, 3.8) is 0 Å². The number of aliphatic hydroxyl groups excluding tert-OH is 1. The van der Waals surface area contributed by atoms with E-state index >= 15 is 0 Å². The molecule has 5 rings (SSSR count). The number of β-amino-alcohol motifs (C(OH)–C–C–N with tert-alkyl or cyclic N) is 1. The van der Waals surface area contributed by atoms with E-state index in [2.05, 4.69) is 9.97 Å². The van der Waals surface area contributed by atoms with Crippen LogP contribution in [0.5, 0.6) is 5.75 Å². The number of carbonyl (C=O) groups is 1. The Morgan fingerprint density at radius 2 is 1.94 bits per heavy atom. The van der Waals surface area contributed by atoms with Crippen LogP contribution in [0.25, 0.3) is 10.9 Å². The molecule has 0 saturated carbocycles. The molecule has 1 N–H and O–H groups in total. The van der Waals surface area contributed by atoms with Crippen LogP contribution >= 0.6 is 0 Å². The third kappa shape index (κ3) is 4.18. The number of hydrogen-bond acceptors (Lipinski definition) is 6. The van der Waals surface area contributed by atoms with E-state index in [-0.39, 0.29) is 12.0 Å². The summed E-state index contributed by atoms with van der Waals surface area (Å²) in [7, 11) is 0. The summed E-state index contributed by atoms with van der Waals surface area (Å²) >= 11 is 0. The Kier molecular flexibility index (Phi) is 5.42. The predicted molar refractivity (Wildman–Crippen MR) is 118 cm³/mol. The molecule has 7 nitrogen and oxygen atoms in total. The second-order valence-electron chi connectivity index (χ2n) is 8.22. The molecule has 2 atom stereocenters. The number of nitrogens with zero attached hydrogens (tertiary/aromatic N) is 4. The van der Waals surface area contributed by atoms with Gasteiger partial charge in [0.2, 0.25) is 0 Å². The normalized spacial score (nSPS) is 21.5. The third-order valence-corrected chi connectivity index (χ3v) is 6.10. The van der Waals surface area contributed by atoms with Crippen molar-refractivity contribution in [1.29, 1.82) is 0 Å². The standard InChI is InChI=1S/C24H26N4O3/c29-21-16-28(23-8-6-18(15-26-23)24(30)27-11-1-2-12-27)13-9-22(21)31-19-7-5-17-4-3-10-25-20(17)14-19/h3-8,10,14-15,21-22,29H,1-2,9,11-13,16H2/t21-,22-/m1/s1. The van der Waals surface area contributed by atoms with Crippen LogP contribution in [-0.4, -0.2) is 64.3 Å². The average molecular weight is 418 g/mol. The molecule has 2 aliphatic rings. The van der Waals surface area contributed by atoms with Crippen molar-refractivity contribution in [3.8, 4) is 5.75 Å². The maximum Gasteiger partial charge on any atom is 0.255 e. The van der Waals surface area contributed by atoms with Crippen LogP contribution in [0.3, 0.4) is 0 Å². The van der Waals surface area contributed by atoms with E-state index in [1.807, 2.05) is 52.3 Å². The SMILES string of the molecule is O=C(c1ccc(N2CC[C@@H](Oc3ccc4cccnc4c3)[C@H](O)C2)nc1)N1CCCC1. The van der Waals surface area contributed by atoms with Crippen molar-refractivity contribution in [2.75, 3.05) is 31.1 Å². The van der Waals surface area contributed by atoms with Gasteiger partial charge in [0.25, 0.3) is 5.91 Å². The molecule has 2 aromatic heterocycles. The van der Waals surface area contributed by atoms with E-state index < -0.39 is 6.10 Å². The molecule has 2 aliphatic heterocycles. The van der Waals surface area contributed by atoms with Crippen molar-refractivity contribution in [2.24, 2.45) is 0 Å². The number of rotatable bonds is 4. The van der Waals surface area contributed by atoms with Crippen molar-refractivity contribution in [1.82, 2.24) is 14.9 Å². The Balaban J connectivity index is 1.21. The molecule has 4 heterocycles. The zero-order valence-corrected chi connectivity index (χ0v) is 17.4. The van der Waals surface area contributed by atoms with Crippen LogP contribution in [0.2, 0.25) is 0 Å². The summed E-state index contributed by atoms with van der Waals surface area (Å²) in [5.74, 6) is 1.53. The highest BCUT2D eigenvalue weighted by Crippen LogP contribution is 2.25. The number of benzene rings is 1. The molecule has 2 fully saturated rings. The zero-order chi connectivity index (χ0) is 21.2. The minimum absolute atomic E-state index is 0.0496. The first kappa shape index (κ1) is 19.8. The lowest BCUT2D eigenvalue weighted by Crippen LogP contribution is -2.49. The van der Waals surface area contributed by atoms with Crippen LogP contribution in [0, 0.1) is 0 Å². The third-order valence-electron chi connectivity index (χ3n) is 6.10. The minimum atomic E-state index is -0.638. The molecule has 0 spiro atoms. The zero-order valence-electron chi connectivity index (χ0n) is 17.4. The molecular formula is C24H26N4O3. The predicted octanol–water partition coefficient (Wildman–Crippen LogP) is 2.88. The van der Waals surface area contributed by atoms with Gasteiger partial charge in [-0.05, 0) is 43.2 Å². The first-order valence-electron chi connectivity index (χ1n) is 10.9. The Bertz CT molecular complexity index is 1070. The second-order valence-corrected chi connectivity index (χ2v) is 8.22. The van der Waals surface area contributed by atoms with Gasteiger partial charge in [0.05, 0.1) is 11.1 Å². The number of piperidine rings is 1. The molecule has 0 bridgehead atoms. The summed E-state index contributed by atoms with van der Waals surface area (Å²) in [6, 6.07) is 13.4. The van der Waals surface area contributed by atoms with Gasteiger partial charge in [-0.2, -0.15) is 0 Å². The Morgan fingerprint density at radius 1 is 1.06 bits per heavy atom. The summed E-state index contributed by atoms with van der Waals surface area (Å²) in [5.41, 5.74) is 1.49. The quantitative estimate of drug-likeness (QED) is 0.702. The van der Waals surface area contributed by atoms with Gasteiger partial charge in [-0.15, -0.1) is 0 Å². The van der Waals surface area contributed by atoms with Crippen LogP contribution < -0.4 is 9.64 Å². The van der Waals surface area contributed by atoms with Crippen molar-refractivity contribution >= 4 is 22.6 Å². The van der Waals surface area contributed by atoms with E-state index in [1.54, 1.807) is 12.4 Å². The lowest BCUT2D eigenvalue weighted by atomic mass is 10.0. The van der Waals surface area contributed by atoms with E-state index in [0.29, 0.717) is 24.3 Å². The monoisotopic (exact) mass is 418 g/mol. The van der Waals surface area contributed by atoms with Crippen molar-refractivity contribution in [3.05, 3.63) is 60.4 Å². The van der Waals surface area contributed by atoms with E-state index in [1.165, 1.54) is 0 Å². The first-order valence-corrected chi connectivity index (χ1v) is 10.9. The van der Waals surface area contributed by atoms with Gasteiger partial charge in [0.1, 0.15) is 23.8 Å². The van der Waals surface area contributed by atoms with Gasteiger partial charge in [0, 0.05) is 56.4 Å². The molecule has 3 aromatic rings. The van der Waals surface area contributed by atoms with Crippen LogP contribution in [0.1, 0.15) is 29.6 Å². The number of aromatic nitrogens is 2. The lowest BCUT2D eigenvalue weighted by Gasteiger charge is -2.36. The topological polar surface area (TPSA) is 78.8 Å². The number of anilines is 1. The highest BCUT2D eigenvalue weighted by Gasteiger charge is 2.30. The van der Waals surface area contributed by atoms with Gasteiger partial charge >= 0.3 is 0 Å². The summed E-state index contributed by atoms with van der Waals surface area (Å²) in [4.78, 5) is 25.3. The smallest absolute Gasteiger partial charge is 0.255 e. The Morgan fingerprint density at radius 3 is 2.71 bits per heavy atom. The maximum atomic E-state index is 12.5. The maximum absolute atomic E-state index is 12.5. The average Bonchev–Trinajstić information content (AvgIpc) is 3.35. The molecule has 1 aromatic carbocycles. The summed E-state index contributed by atoms with van der Waals surface area (Å²) in [5, 5.41) is 11.7. The van der Waals surface area contributed by atoms with Crippen molar-refractivity contribution in [2.45, 2.75) is 31.5 Å². The molecule has 2 saturated heterocycles. The number of aliphatic hydroxyl groups is 1. The number of amides is 1. The fourth-order valence-electron chi connectivity index (χ4n) is 4.35. The first-order chi connectivity index (χ1) is 15.2. The van der Waals surface area contributed by atoms with Gasteiger partial charge in [0.15, 0.2) is 0 Å². The molecule has 7 heteroatoms. The van der Waals surface area contributed by atoms with Crippen LogP contribution in [-0.2, 0) is 0 Å². The molecule has 0 aliphatic carbocycles. The molecule has 31 heavy (non-hydrogen) atoms. The number of carbonyl (C=O) groups excluding carboxylic acids is 1. The number of likely N-dealkylation sites (tertiary alicyclic amines) is 1. The van der Waals surface area contributed by atoms with E-state index in [9.17, 15) is 9.90 Å². The largest absolute Gasteiger partial charge is 0.488 e. The molecule has 160 valence electrons. The van der Waals surface area contributed by atoms with Gasteiger partial charge < -0.3 is 19.6 Å². The minimum Gasteiger partial charge on any atom is -0.488 e. The van der Waals surface area contributed by atoms with Gasteiger partial charge in [-0.3, -0.25) is 9.78 Å². The van der Waals surface area contributed by atoms with Crippen LogP contribution in [0.4, 0.5) is 5.82 Å². The Labute approximate surface area is 181 Å². The second kappa shape index (κ2) is 8.51. The molecule has 0 unspecified atom stereocenters. The van der Waals surface area contributed by atoms with E-state index in [4.69, 9.17) is 4.74 Å². The molecule has 1 amide bonds.